The fourth-order valence-corrected chi connectivity index (χ4v) is 0.639. The van der Waals surface area contributed by atoms with Crippen LogP contribution in [0.15, 0.2) is 12.2 Å². The van der Waals surface area contributed by atoms with E-state index in [2.05, 4.69) is 4.74 Å². The lowest BCUT2D eigenvalue weighted by atomic mass is 10.3. The molecule has 0 saturated heterocycles. The minimum atomic E-state index is -0.600. The molecule has 0 amide bonds. The molecular weight excluding hydrogens is 188 g/mol. The number of carbonyl (C=O) groups is 2. The van der Waals surface area contributed by atoms with E-state index < -0.39 is 11.9 Å². The monoisotopic (exact) mass is 202 g/mol. The molecule has 0 unspecified atom stereocenters. The third kappa shape index (κ3) is 7.30. The van der Waals surface area contributed by atoms with Gasteiger partial charge in [-0.25, -0.2) is 9.59 Å². The van der Waals surface area contributed by atoms with Crippen LogP contribution in [0.2, 0.25) is 0 Å². The van der Waals surface area contributed by atoms with Gasteiger partial charge in [-0.2, -0.15) is 0 Å². The predicted molar refractivity (Wildman–Crippen MR) is 48.4 cm³/mol. The molecule has 5 nitrogen and oxygen atoms in total. The number of unbranched alkanes of at least 4 members (excludes halogenated alkanes) is 1. The number of hydrogen-bond acceptors (Lipinski definition) is 5. The van der Waals surface area contributed by atoms with Crippen molar-refractivity contribution in [2.45, 2.75) is 12.8 Å². The standard InChI is InChI=1S/C9H14O5/c1-13-8(11)4-5-9(12)14-7-3-2-6-10/h4-5,10H,2-3,6-7H2,1H3. The summed E-state index contributed by atoms with van der Waals surface area (Å²) in [5.74, 6) is -1.19. The van der Waals surface area contributed by atoms with Crippen LogP contribution in [-0.2, 0) is 19.1 Å². The summed E-state index contributed by atoms with van der Waals surface area (Å²) in [6.45, 7) is 0.320. The van der Waals surface area contributed by atoms with Gasteiger partial charge in [-0.1, -0.05) is 0 Å². The van der Waals surface area contributed by atoms with Crippen LogP contribution in [0.1, 0.15) is 12.8 Å². The van der Waals surface area contributed by atoms with Crippen molar-refractivity contribution >= 4 is 11.9 Å². The maximum absolute atomic E-state index is 10.8. The molecule has 0 aromatic rings. The first-order valence-corrected chi connectivity index (χ1v) is 4.24. The second-order valence-electron chi connectivity index (χ2n) is 2.45. The van der Waals surface area contributed by atoms with Crippen LogP contribution in [0.5, 0.6) is 0 Å². The van der Waals surface area contributed by atoms with Gasteiger partial charge in [0.25, 0.3) is 0 Å². The highest BCUT2D eigenvalue weighted by atomic mass is 16.5. The Balaban J connectivity index is 3.55. The summed E-state index contributed by atoms with van der Waals surface area (Å²) < 4.78 is 8.97. The topological polar surface area (TPSA) is 72.8 Å². The summed E-state index contributed by atoms with van der Waals surface area (Å²) in [6, 6.07) is 0. The van der Waals surface area contributed by atoms with Gasteiger partial charge in [-0.15, -0.1) is 0 Å². The predicted octanol–water partition coefficient (Wildman–Crippen LogP) is 0.0313. The first-order chi connectivity index (χ1) is 6.70. The fourth-order valence-electron chi connectivity index (χ4n) is 0.639. The zero-order chi connectivity index (χ0) is 10.8. The zero-order valence-electron chi connectivity index (χ0n) is 8.06. The number of esters is 2. The number of ether oxygens (including phenoxy) is 2. The number of hydrogen-bond donors (Lipinski definition) is 1. The lowest BCUT2D eigenvalue weighted by Gasteiger charge is -1.99. The van der Waals surface area contributed by atoms with Gasteiger partial charge in [0.05, 0.1) is 13.7 Å². The third-order valence-electron chi connectivity index (χ3n) is 1.35. The molecule has 0 fully saturated rings. The Morgan fingerprint density at radius 2 is 1.86 bits per heavy atom. The van der Waals surface area contributed by atoms with Crippen molar-refractivity contribution in [2.75, 3.05) is 20.3 Å². The molecule has 0 aliphatic rings. The van der Waals surface area contributed by atoms with Gasteiger partial charge in [0.2, 0.25) is 0 Å². The Morgan fingerprint density at radius 1 is 1.21 bits per heavy atom. The summed E-state index contributed by atoms with van der Waals surface area (Å²) in [4.78, 5) is 21.4. The highest BCUT2D eigenvalue weighted by Gasteiger charge is 1.98. The quantitative estimate of drug-likeness (QED) is 0.374. The van der Waals surface area contributed by atoms with Crippen LogP contribution in [0, 0.1) is 0 Å². The molecule has 0 atom stereocenters. The fraction of sp³-hybridized carbons (Fsp3) is 0.556. The number of methoxy groups -OCH3 is 1. The number of aliphatic hydroxyl groups is 1. The number of carbonyl (C=O) groups excluding carboxylic acids is 2. The number of aliphatic hydroxyl groups excluding tert-OH is 1. The summed E-state index contributed by atoms with van der Waals surface area (Å²) in [5.41, 5.74) is 0. The molecule has 0 aromatic carbocycles. The molecule has 0 aromatic heterocycles. The molecule has 0 aliphatic heterocycles. The first kappa shape index (κ1) is 12.6. The SMILES string of the molecule is COC(=O)C=CC(=O)OCCCCO. The van der Waals surface area contributed by atoms with Crippen LogP contribution < -0.4 is 0 Å². The summed E-state index contributed by atoms with van der Waals surface area (Å²) in [6.07, 6.45) is 3.20. The minimum absolute atomic E-state index is 0.0789. The van der Waals surface area contributed by atoms with Gasteiger partial charge < -0.3 is 14.6 Å². The zero-order valence-corrected chi connectivity index (χ0v) is 8.06. The van der Waals surface area contributed by atoms with Crippen LogP contribution in [0.25, 0.3) is 0 Å². The first-order valence-electron chi connectivity index (χ1n) is 4.24. The van der Waals surface area contributed by atoms with E-state index in [9.17, 15) is 9.59 Å². The van der Waals surface area contributed by atoms with E-state index in [0.29, 0.717) is 12.8 Å². The van der Waals surface area contributed by atoms with Gasteiger partial charge in [-0.3, -0.25) is 0 Å². The Bertz CT molecular complexity index is 209. The molecule has 5 heteroatoms. The van der Waals surface area contributed by atoms with E-state index in [1.807, 2.05) is 0 Å². The molecule has 0 heterocycles. The number of rotatable bonds is 6. The molecule has 0 bridgehead atoms. The Labute approximate surface area is 82.3 Å². The van der Waals surface area contributed by atoms with E-state index in [-0.39, 0.29) is 13.2 Å². The summed E-state index contributed by atoms with van der Waals surface area (Å²) >= 11 is 0. The molecule has 0 rings (SSSR count). The molecule has 14 heavy (non-hydrogen) atoms. The minimum Gasteiger partial charge on any atom is -0.466 e. The summed E-state index contributed by atoms with van der Waals surface area (Å²) in [7, 11) is 1.22. The van der Waals surface area contributed by atoms with Crippen molar-refractivity contribution in [1.29, 1.82) is 0 Å². The van der Waals surface area contributed by atoms with Crippen LogP contribution in [-0.4, -0.2) is 37.4 Å². The van der Waals surface area contributed by atoms with Gasteiger partial charge in [0.15, 0.2) is 0 Å². The van der Waals surface area contributed by atoms with Crippen molar-refractivity contribution in [3.63, 3.8) is 0 Å². The molecule has 1 N–H and O–H groups in total. The summed E-state index contributed by atoms with van der Waals surface area (Å²) in [5, 5.41) is 8.42. The van der Waals surface area contributed by atoms with E-state index in [1.165, 1.54) is 7.11 Å². The highest BCUT2D eigenvalue weighted by Crippen LogP contribution is 1.90. The molecular formula is C9H14O5. The van der Waals surface area contributed by atoms with Crippen LogP contribution in [0.3, 0.4) is 0 Å². The van der Waals surface area contributed by atoms with E-state index in [4.69, 9.17) is 9.84 Å². The lowest BCUT2D eigenvalue weighted by Crippen LogP contribution is -2.04. The second-order valence-corrected chi connectivity index (χ2v) is 2.45. The maximum Gasteiger partial charge on any atom is 0.331 e. The van der Waals surface area contributed by atoms with Gasteiger partial charge in [0, 0.05) is 18.8 Å². The lowest BCUT2D eigenvalue weighted by molar-refractivity contribution is -0.139. The van der Waals surface area contributed by atoms with E-state index in [0.717, 1.165) is 12.2 Å². The molecule has 80 valence electrons. The normalized spacial score (nSPS) is 10.1. The molecule has 0 radical (unpaired) electrons. The van der Waals surface area contributed by atoms with E-state index >= 15 is 0 Å². The van der Waals surface area contributed by atoms with Crippen LogP contribution in [0.4, 0.5) is 0 Å². The maximum atomic E-state index is 10.8. The highest BCUT2D eigenvalue weighted by molar-refractivity contribution is 5.91. The second kappa shape index (κ2) is 8.25. The Morgan fingerprint density at radius 3 is 2.43 bits per heavy atom. The van der Waals surface area contributed by atoms with Crippen molar-refractivity contribution in [3.8, 4) is 0 Å². The van der Waals surface area contributed by atoms with E-state index in [1.54, 1.807) is 0 Å². The Kier molecular flexibility index (Phi) is 7.45. The smallest absolute Gasteiger partial charge is 0.331 e. The van der Waals surface area contributed by atoms with Crippen molar-refractivity contribution < 1.29 is 24.2 Å². The molecule has 0 saturated carbocycles. The van der Waals surface area contributed by atoms with Gasteiger partial charge >= 0.3 is 11.9 Å². The third-order valence-corrected chi connectivity index (χ3v) is 1.35. The largest absolute Gasteiger partial charge is 0.466 e. The average Bonchev–Trinajstić information content (AvgIpc) is 2.21. The van der Waals surface area contributed by atoms with Gasteiger partial charge in [0.1, 0.15) is 0 Å². The average molecular weight is 202 g/mol. The van der Waals surface area contributed by atoms with Crippen molar-refractivity contribution in [3.05, 3.63) is 12.2 Å². The molecule has 0 spiro atoms. The van der Waals surface area contributed by atoms with Crippen molar-refractivity contribution in [2.24, 2.45) is 0 Å². The van der Waals surface area contributed by atoms with Crippen LogP contribution >= 0.6 is 0 Å². The molecule has 0 aliphatic carbocycles. The van der Waals surface area contributed by atoms with Gasteiger partial charge in [-0.05, 0) is 12.8 Å². The van der Waals surface area contributed by atoms with Crippen molar-refractivity contribution in [1.82, 2.24) is 0 Å². The Hall–Kier alpha value is -1.36.